The van der Waals surface area contributed by atoms with Gasteiger partial charge >= 0.3 is 0 Å². The number of rotatable bonds is 5. The lowest BCUT2D eigenvalue weighted by Gasteiger charge is -2.09. The second-order valence-electron chi connectivity index (χ2n) is 7.18. The number of nitro benzene ring substituents is 1. The van der Waals surface area contributed by atoms with Crippen molar-refractivity contribution in [3.63, 3.8) is 0 Å². The van der Waals surface area contributed by atoms with Crippen molar-refractivity contribution in [1.29, 1.82) is 0 Å². The molecule has 6 heteroatoms. The fourth-order valence-corrected chi connectivity index (χ4v) is 3.26. The molecule has 4 rings (SSSR count). The summed E-state index contributed by atoms with van der Waals surface area (Å²) in [6.07, 6.45) is 1.73. The number of hydrogen-bond acceptors (Lipinski definition) is 5. The van der Waals surface area contributed by atoms with Gasteiger partial charge in [0.15, 0.2) is 5.76 Å². The molecule has 3 aromatic rings. The normalized spacial score (nSPS) is 13.8. The zero-order valence-electron chi connectivity index (χ0n) is 16.5. The summed E-state index contributed by atoms with van der Waals surface area (Å²) in [5.41, 5.74) is 4.18. The molecule has 0 spiro atoms. The van der Waals surface area contributed by atoms with E-state index in [1.165, 1.54) is 12.1 Å². The van der Waals surface area contributed by atoms with E-state index in [2.05, 4.69) is 0 Å². The summed E-state index contributed by atoms with van der Waals surface area (Å²) in [4.78, 5) is 23.1. The molecule has 0 aliphatic carbocycles. The molecule has 0 bridgehead atoms. The van der Waals surface area contributed by atoms with Crippen molar-refractivity contribution in [1.82, 2.24) is 0 Å². The van der Waals surface area contributed by atoms with Crippen LogP contribution in [0.25, 0.3) is 6.08 Å². The minimum atomic E-state index is -0.440. The summed E-state index contributed by atoms with van der Waals surface area (Å²) in [6.45, 7) is 4.09. The molecule has 3 aromatic carbocycles. The van der Waals surface area contributed by atoms with Crippen molar-refractivity contribution in [3.05, 3.63) is 104 Å². The van der Waals surface area contributed by atoms with E-state index in [0.717, 1.165) is 22.3 Å². The maximum absolute atomic E-state index is 12.8. The van der Waals surface area contributed by atoms with Gasteiger partial charge in [0.05, 0.1) is 10.5 Å². The Morgan fingerprint density at radius 3 is 2.40 bits per heavy atom. The first-order chi connectivity index (χ1) is 14.4. The van der Waals surface area contributed by atoms with Gasteiger partial charge < -0.3 is 9.47 Å². The second kappa shape index (κ2) is 7.83. The number of benzene rings is 3. The number of non-ortho nitro benzene ring substituents is 1. The minimum Gasteiger partial charge on any atom is -0.489 e. The Balaban J connectivity index is 1.52. The quantitative estimate of drug-likeness (QED) is 0.325. The SMILES string of the molecule is Cc1ccc(/C=C2\Oc3cc(OCc4ccc([N+](=O)[O-])cc4)cc(C)c3C2=O)cc1. The van der Waals surface area contributed by atoms with Gasteiger partial charge in [-0.1, -0.05) is 29.8 Å². The first-order valence-electron chi connectivity index (χ1n) is 9.42. The highest BCUT2D eigenvalue weighted by molar-refractivity contribution is 6.15. The molecule has 150 valence electrons. The molecular formula is C24H19NO5. The number of Topliss-reactive ketones (excluding diaryl/α,β-unsaturated/α-hetero) is 1. The standard InChI is InChI=1S/C24H19NO5/c1-15-3-5-17(6-4-15)12-22-24(26)23-16(2)11-20(13-21(23)30-22)29-14-18-7-9-19(10-8-18)25(27)28/h3-13H,14H2,1-2H3/b22-12-. The van der Waals surface area contributed by atoms with Crippen LogP contribution in [0.2, 0.25) is 0 Å². The summed E-state index contributed by atoms with van der Waals surface area (Å²) < 4.78 is 11.6. The molecule has 1 aliphatic rings. The van der Waals surface area contributed by atoms with Crippen molar-refractivity contribution in [2.45, 2.75) is 20.5 Å². The molecule has 0 fully saturated rings. The molecule has 0 N–H and O–H groups in total. The third-order valence-corrected chi connectivity index (χ3v) is 4.87. The van der Waals surface area contributed by atoms with Gasteiger partial charge in [0.1, 0.15) is 18.1 Å². The van der Waals surface area contributed by atoms with Crippen molar-refractivity contribution >= 4 is 17.5 Å². The zero-order chi connectivity index (χ0) is 21.3. The number of carbonyl (C=O) groups is 1. The third-order valence-electron chi connectivity index (χ3n) is 4.87. The summed E-state index contributed by atoms with van der Waals surface area (Å²) in [5, 5.41) is 10.7. The van der Waals surface area contributed by atoms with Gasteiger partial charge in [-0.05, 0) is 54.8 Å². The third kappa shape index (κ3) is 3.93. The van der Waals surface area contributed by atoms with Crippen molar-refractivity contribution < 1.29 is 19.2 Å². The molecule has 30 heavy (non-hydrogen) atoms. The van der Waals surface area contributed by atoms with Crippen LogP contribution in [0.1, 0.15) is 32.6 Å². The lowest BCUT2D eigenvalue weighted by atomic mass is 10.0. The average Bonchev–Trinajstić information content (AvgIpc) is 3.04. The molecule has 1 aliphatic heterocycles. The van der Waals surface area contributed by atoms with Gasteiger partial charge in [0.25, 0.3) is 5.69 Å². The van der Waals surface area contributed by atoms with Crippen LogP contribution < -0.4 is 9.47 Å². The number of carbonyl (C=O) groups excluding carboxylic acids is 1. The Bertz CT molecular complexity index is 1160. The van der Waals surface area contributed by atoms with Gasteiger partial charge in [0, 0.05) is 18.2 Å². The van der Waals surface area contributed by atoms with Crippen LogP contribution >= 0.6 is 0 Å². The van der Waals surface area contributed by atoms with Gasteiger partial charge in [0.2, 0.25) is 5.78 Å². The van der Waals surface area contributed by atoms with E-state index in [9.17, 15) is 14.9 Å². The van der Waals surface area contributed by atoms with Crippen molar-refractivity contribution in [3.8, 4) is 11.5 Å². The molecule has 0 aromatic heterocycles. The highest BCUT2D eigenvalue weighted by Crippen LogP contribution is 2.37. The molecule has 0 amide bonds. The summed E-state index contributed by atoms with van der Waals surface area (Å²) in [7, 11) is 0. The fourth-order valence-electron chi connectivity index (χ4n) is 3.26. The van der Waals surface area contributed by atoms with E-state index in [-0.39, 0.29) is 23.8 Å². The van der Waals surface area contributed by atoms with Crippen LogP contribution in [0.15, 0.2) is 66.4 Å². The van der Waals surface area contributed by atoms with Crippen LogP contribution in [0.5, 0.6) is 11.5 Å². The van der Waals surface area contributed by atoms with Crippen molar-refractivity contribution in [2.24, 2.45) is 0 Å². The Morgan fingerprint density at radius 1 is 1.03 bits per heavy atom. The van der Waals surface area contributed by atoms with Crippen LogP contribution in [-0.4, -0.2) is 10.7 Å². The summed E-state index contributed by atoms with van der Waals surface area (Å²) in [6, 6.07) is 17.5. The number of aryl methyl sites for hydroxylation is 2. The first-order valence-corrected chi connectivity index (χ1v) is 9.42. The molecular weight excluding hydrogens is 382 g/mol. The lowest BCUT2D eigenvalue weighted by Crippen LogP contribution is -2.00. The van der Waals surface area contributed by atoms with Crippen LogP contribution in [0.3, 0.4) is 0 Å². The van der Waals surface area contributed by atoms with E-state index >= 15 is 0 Å². The van der Waals surface area contributed by atoms with Gasteiger partial charge in [-0.25, -0.2) is 0 Å². The predicted octanol–water partition coefficient (Wildman–Crippen LogP) is 5.41. The highest BCUT2D eigenvalue weighted by atomic mass is 16.6. The number of ketones is 1. The van der Waals surface area contributed by atoms with E-state index < -0.39 is 4.92 Å². The maximum Gasteiger partial charge on any atom is 0.269 e. The van der Waals surface area contributed by atoms with Gasteiger partial charge in [-0.15, -0.1) is 0 Å². The number of allylic oxidation sites excluding steroid dienone is 1. The second-order valence-corrected chi connectivity index (χ2v) is 7.18. The molecule has 6 nitrogen and oxygen atoms in total. The molecule has 0 saturated heterocycles. The van der Waals surface area contributed by atoms with Crippen LogP contribution in [0.4, 0.5) is 5.69 Å². The monoisotopic (exact) mass is 401 g/mol. The van der Waals surface area contributed by atoms with E-state index in [1.54, 1.807) is 30.3 Å². The average molecular weight is 401 g/mol. The Kier molecular flexibility index (Phi) is 5.06. The Morgan fingerprint density at radius 2 is 1.73 bits per heavy atom. The molecule has 0 unspecified atom stereocenters. The number of nitrogens with zero attached hydrogens (tertiary/aromatic N) is 1. The van der Waals surface area contributed by atoms with Gasteiger partial charge in [-0.2, -0.15) is 0 Å². The topological polar surface area (TPSA) is 78.7 Å². The first kappa shape index (κ1) is 19.4. The van der Waals surface area contributed by atoms with E-state index in [1.807, 2.05) is 38.1 Å². The summed E-state index contributed by atoms with van der Waals surface area (Å²) in [5.74, 6) is 1.17. The van der Waals surface area contributed by atoms with Crippen LogP contribution in [0, 0.1) is 24.0 Å². The molecule has 0 saturated carbocycles. The molecule has 0 atom stereocenters. The largest absolute Gasteiger partial charge is 0.489 e. The van der Waals surface area contributed by atoms with E-state index in [0.29, 0.717) is 17.1 Å². The minimum absolute atomic E-state index is 0.0342. The Hall–Kier alpha value is -3.93. The Labute approximate surface area is 173 Å². The van der Waals surface area contributed by atoms with E-state index in [4.69, 9.17) is 9.47 Å². The zero-order valence-corrected chi connectivity index (χ0v) is 16.5. The molecule has 0 radical (unpaired) electrons. The van der Waals surface area contributed by atoms with Crippen LogP contribution in [-0.2, 0) is 6.61 Å². The van der Waals surface area contributed by atoms with Gasteiger partial charge in [-0.3, -0.25) is 14.9 Å². The lowest BCUT2D eigenvalue weighted by molar-refractivity contribution is -0.384. The number of nitro groups is 1. The number of ether oxygens (including phenoxy) is 2. The fraction of sp³-hybridized carbons (Fsp3) is 0.125. The van der Waals surface area contributed by atoms with Crippen molar-refractivity contribution in [2.75, 3.05) is 0 Å². The molecule has 1 heterocycles. The maximum atomic E-state index is 12.8. The highest BCUT2D eigenvalue weighted by Gasteiger charge is 2.30. The number of hydrogen-bond donors (Lipinski definition) is 0. The predicted molar refractivity (Wildman–Crippen MR) is 113 cm³/mol. The smallest absolute Gasteiger partial charge is 0.269 e. The number of fused-ring (bicyclic) bond motifs is 1. The summed E-state index contributed by atoms with van der Waals surface area (Å²) >= 11 is 0.